The first-order chi connectivity index (χ1) is 11.9. The monoisotopic (exact) mass is 367 g/mol. The van der Waals surface area contributed by atoms with Crippen LogP contribution in [0.2, 0.25) is 0 Å². The average molecular weight is 367 g/mol. The second-order valence-corrected chi connectivity index (χ2v) is 6.48. The molecule has 0 aromatic heterocycles. The van der Waals surface area contributed by atoms with Gasteiger partial charge in [-0.05, 0) is 38.0 Å². The Balaban J connectivity index is 3.35. The first kappa shape index (κ1) is 20.9. The highest BCUT2D eigenvalue weighted by molar-refractivity contribution is 7.85. The summed E-state index contributed by atoms with van der Waals surface area (Å²) in [6.07, 6.45) is 0.551. The lowest BCUT2D eigenvalue weighted by Crippen LogP contribution is -2.35. The first-order valence-electron chi connectivity index (χ1n) is 8.20. The number of methoxy groups -OCH3 is 1. The van der Waals surface area contributed by atoms with E-state index in [9.17, 15) is 13.7 Å². The van der Waals surface area contributed by atoms with Gasteiger partial charge in [-0.1, -0.05) is 19.1 Å². The Kier molecular flexibility index (Phi) is 8.38. The summed E-state index contributed by atoms with van der Waals surface area (Å²) in [5, 5.41) is 9.66. The molecule has 7 nitrogen and oxygen atoms in total. The molecule has 0 saturated heterocycles. The Morgan fingerprint density at radius 3 is 2.28 bits per heavy atom. The molecule has 1 atom stereocenters. The highest BCUT2D eigenvalue weighted by atomic mass is 32.2. The maximum absolute atomic E-state index is 12.1. The Morgan fingerprint density at radius 1 is 1.24 bits per heavy atom. The normalized spacial score (nSPS) is 13.2. The van der Waals surface area contributed by atoms with E-state index in [0.29, 0.717) is 30.8 Å². The molecule has 0 bridgehead atoms. The van der Waals surface area contributed by atoms with Gasteiger partial charge in [0, 0.05) is 13.1 Å². The number of nitriles is 1. The fourth-order valence-corrected chi connectivity index (χ4v) is 3.13. The zero-order chi connectivity index (χ0) is 18.9. The smallest absolute Gasteiger partial charge is 0.382 e. The van der Waals surface area contributed by atoms with Crippen molar-refractivity contribution in [3.8, 4) is 11.8 Å². The third-order valence-electron chi connectivity index (χ3n) is 3.57. The van der Waals surface area contributed by atoms with E-state index in [2.05, 4.69) is 10.5 Å². The van der Waals surface area contributed by atoms with E-state index in [1.165, 1.54) is 0 Å². The molecule has 1 unspecified atom stereocenters. The molecule has 138 valence electrons. The number of hydrogen-bond donors (Lipinski definition) is 0. The zero-order valence-corrected chi connectivity index (χ0v) is 15.9. The van der Waals surface area contributed by atoms with Crippen LogP contribution in [0, 0.1) is 11.3 Å². The second kappa shape index (κ2) is 10.0. The van der Waals surface area contributed by atoms with Gasteiger partial charge in [0.1, 0.15) is 17.5 Å². The van der Waals surface area contributed by atoms with Gasteiger partial charge in [0.2, 0.25) is 0 Å². The summed E-state index contributed by atoms with van der Waals surface area (Å²) in [5.74, 6) is -0.0137. The maximum Gasteiger partial charge on any atom is 0.382 e. The van der Waals surface area contributed by atoms with Gasteiger partial charge < -0.3 is 9.64 Å². The summed E-state index contributed by atoms with van der Waals surface area (Å²) < 4.78 is 38.0. The van der Waals surface area contributed by atoms with Crippen molar-refractivity contribution in [2.75, 3.05) is 26.8 Å². The first-order valence-corrected chi connectivity index (χ1v) is 9.56. The third-order valence-corrected chi connectivity index (χ3v) is 4.44. The highest BCUT2D eigenvalue weighted by Crippen LogP contribution is 2.23. The molecule has 0 aliphatic rings. The van der Waals surface area contributed by atoms with Crippen molar-refractivity contribution in [3.63, 3.8) is 0 Å². The van der Waals surface area contributed by atoms with Crippen molar-refractivity contribution < 1.29 is 17.3 Å². The number of ether oxygens (including phenoxy) is 1. The van der Waals surface area contributed by atoms with Crippen LogP contribution < -0.4 is 4.74 Å². The van der Waals surface area contributed by atoms with Crippen LogP contribution in [0.3, 0.4) is 0 Å². The van der Waals surface area contributed by atoms with E-state index in [-0.39, 0.29) is 12.4 Å². The maximum atomic E-state index is 12.1. The van der Waals surface area contributed by atoms with Gasteiger partial charge in [0.25, 0.3) is 0 Å². The minimum absolute atomic E-state index is 0.0527. The van der Waals surface area contributed by atoms with Crippen molar-refractivity contribution in [2.24, 2.45) is 4.40 Å². The van der Waals surface area contributed by atoms with Crippen LogP contribution in [0.15, 0.2) is 28.7 Å². The van der Waals surface area contributed by atoms with Crippen LogP contribution in [-0.2, 0) is 14.5 Å². The van der Waals surface area contributed by atoms with Crippen molar-refractivity contribution in [3.05, 3.63) is 29.8 Å². The Hall–Kier alpha value is -2.11. The fourth-order valence-electron chi connectivity index (χ4n) is 2.25. The summed E-state index contributed by atoms with van der Waals surface area (Å²) in [6.45, 7) is 6.65. The van der Waals surface area contributed by atoms with Crippen LogP contribution >= 0.6 is 0 Å². The Morgan fingerprint density at radius 2 is 1.84 bits per heavy atom. The van der Waals surface area contributed by atoms with E-state index in [1.807, 2.05) is 13.8 Å². The van der Waals surface area contributed by atoms with Gasteiger partial charge in [0.15, 0.2) is 0 Å². The molecule has 0 heterocycles. The Labute approximate surface area is 150 Å². The summed E-state index contributed by atoms with van der Waals surface area (Å²) in [6, 6.07) is 9.05. The molecular weight excluding hydrogens is 342 g/mol. The van der Waals surface area contributed by atoms with E-state index in [4.69, 9.17) is 8.92 Å². The van der Waals surface area contributed by atoms with Crippen LogP contribution in [-0.4, -0.2) is 46.0 Å². The zero-order valence-electron chi connectivity index (χ0n) is 15.1. The van der Waals surface area contributed by atoms with Gasteiger partial charge in [-0.2, -0.15) is 13.7 Å². The standard InChI is InChI=1S/C17H25N3O4S/c1-5-12-24-25(21,22)19-17(20(6-2)7-3)16(13-18)14-8-10-15(23-4)11-9-14/h8-11,16H,5-7,12H2,1-4H3/b19-17-. The third kappa shape index (κ3) is 6.03. The number of hydrogen-bond acceptors (Lipinski definition) is 5. The molecule has 0 amide bonds. The van der Waals surface area contributed by atoms with Gasteiger partial charge in [-0.15, -0.1) is 4.40 Å². The summed E-state index contributed by atoms with van der Waals surface area (Å²) in [7, 11) is -2.56. The molecule has 1 aromatic rings. The van der Waals surface area contributed by atoms with Gasteiger partial charge in [-0.25, -0.2) is 0 Å². The topological polar surface area (TPSA) is 92.0 Å². The van der Waals surface area contributed by atoms with E-state index in [0.717, 1.165) is 0 Å². The average Bonchev–Trinajstić information content (AvgIpc) is 2.62. The van der Waals surface area contributed by atoms with E-state index < -0.39 is 16.2 Å². The lowest BCUT2D eigenvalue weighted by molar-refractivity contribution is 0.318. The number of likely N-dealkylation sites (N-methyl/N-ethyl adjacent to an activating group) is 1. The van der Waals surface area contributed by atoms with Crippen molar-refractivity contribution in [1.29, 1.82) is 5.26 Å². The fraction of sp³-hybridized carbons (Fsp3) is 0.529. The minimum Gasteiger partial charge on any atom is -0.497 e. The Bertz CT molecular complexity index is 704. The van der Waals surface area contributed by atoms with Gasteiger partial charge >= 0.3 is 10.3 Å². The van der Waals surface area contributed by atoms with Gasteiger partial charge in [0.05, 0.1) is 19.8 Å². The SMILES string of the molecule is CCCOS(=O)(=O)/N=C(/C(C#N)c1ccc(OC)cc1)N(CC)CC. The number of benzene rings is 1. The molecule has 0 saturated carbocycles. The predicted octanol–water partition coefficient (Wildman–Crippen LogP) is 2.71. The lowest BCUT2D eigenvalue weighted by Gasteiger charge is -2.26. The molecule has 1 rings (SSSR count). The van der Waals surface area contributed by atoms with Crippen molar-refractivity contribution >= 4 is 16.1 Å². The quantitative estimate of drug-likeness (QED) is 0.492. The minimum atomic E-state index is -4.11. The molecule has 0 radical (unpaired) electrons. The van der Waals surface area contributed by atoms with Crippen LogP contribution in [0.25, 0.3) is 0 Å². The van der Waals surface area contributed by atoms with Crippen molar-refractivity contribution in [1.82, 2.24) is 4.90 Å². The molecule has 1 aromatic carbocycles. The second-order valence-electron chi connectivity index (χ2n) is 5.21. The number of nitrogens with zero attached hydrogens (tertiary/aromatic N) is 3. The number of rotatable bonds is 9. The molecule has 0 N–H and O–H groups in total. The predicted molar refractivity (Wildman–Crippen MR) is 96.9 cm³/mol. The molecular formula is C17H25N3O4S. The largest absolute Gasteiger partial charge is 0.497 e. The summed E-state index contributed by atoms with van der Waals surface area (Å²) >= 11 is 0. The molecule has 25 heavy (non-hydrogen) atoms. The molecule has 0 aliphatic carbocycles. The van der Waals surface area contributed by atoms with E-state index >= 15 is 0 Å². The highest BCUT2D eigenvalue weighted by Gasteiger charge is 2.25. The van der Waals surface area contributed by atoms with Crippen molar-refractivity contribution in [2.45, 2.75) is 33.1 Å². The molecule has 0 aliphatic heterocycles. The molecule has 0 fully saturated rings. The van der Waals surface area contributed by atoms with Crippen LogP contribution in [0.5, 0.6) is 5.75 Å². The number of amidine groups is 1. The molecule has 8 heteroatoms. The summed E-state index contributed by atoms with van der Waals surface area (Å²) in [4.78, 5) is 1.74. The lowest BCUT2D eigenvalue weighted by atomic mass is 9.98. The summed E-state index contributed by atoms with van der Waals surface area (Å²) in [5.41, 5.74) is 0.639. The van der Waals surface area contributed by atoms with Gasteiger partial charge in [-0.3, -0.25) is 4.18 Å². The van der Waals surface area contributed by atoms with Crippen LogP contribution in [0.4, 0.5) is 0 Å². The molecule has 0 spiro atoms. The van der Waals surface area contributed by atoms with E-state index in [1.54, 1.807) is 43.2 Å². The van der Waals surface area contributed by atoms with Crippen LogP contribution in [0.1, 0.15) is 38.7 Å².